The molecule has 3 amide bonds. The molecular weight excluding hydrogens is 316 g/mol. The lowest BCUT2D eigenvalue weighted by Gasteiger charge is -2.15. The first-order valence-corrected chi connectivity index (χ1v) is 7.42. The fraction of sp³-hybridized carbons (Fsp3) is 0.188. The van der Waals surface area contributed by atoms with E-state index in [1.165, 1.54) is 0 Å². The van der Waals surface area contributed by atoms with Gasteiger partial charge in [-0.2, -0.15) is 0 Å². The summed E-state index contributed by atoms with van der Waals surface area (Å²) in [5, 5.41) is 8.43. The van der Waals surface area contributed by atoms with Crippen LogP contribution in [0.15, 0.2) is 48.8 Å². The first kappa shape index (κ1) is 16.8. The molecule has 0 saturated heterocycles. The van der Waals surface area contributed by atoms with Gasteiger partial charge in [0.1, 0.15) is 6.04 Å². The van der Waals surface area contributed by atoms with Crippen molar-refractivity contribution in [1.29, 1.82) is 0 Å². The fourth-order valence-corrected chi connectivity index (χ4v) is 2.03. The van der Waals surface area contributed by atoms with E-state index in [0.29, 0.717) is 17.3 Å². The van der Waals surface area contributed by atoms with Gasteiger partial charge in [0.25, 0.3) is 0 Å². The lowest BCUT2D eigenvalue weighted by molar-refractivity contribution is -0.122. The van der Waals surface area contributed by atoms with Crippen LogP contribution in [0.2, 0.25) is 5.02 Å². The van der Waals surface area contributed by atoms with Crippen LogP contribution in [0.5, 0.6) is 0 Å². The summed E-state index contributed by atoms with van der Waals surface area (Å²) < 4.78 is 0. The van der Waals surface area contributed by atoms with Crippen LogP contribution in [-0.2, 0) is 11.3 Å². The summed E-state index contributed by atoms with van der Waals surface area (Å²) in [6.07, 6.45) is 3.33. The fourth-order valence-electron chi connectivity index (χ4n) is 1.84. The van der Waals surface area contributed by atoms with Crippen LogP contribution >= 0.6 is 11.6 Å². The maximum atomic E-state index is 12.0. The second-order valence-corrected chi connectivity index (χ2v) is 5.35. The molecule has 1 aromatic heterocycles. The van der Waals surface area contributed by atoms with Gasteiger partial charge in [0.15, 0.2) is 0 Å². The normalized spacial score (nSPS) is 11.4. The number of halogens is 1. The molecule has 0 aliphatic heterocycles. The summed E-state index contributed by atoms with van der Waals surface area (Å²) >= 11 is 5.84. The van der Waals surface area contributed by atoms with Gasteiger partial charge in [-0.05, 0) is 36.8 Å². The number of nitrogens with zero attached hydrogens (tertiary/aromatic N) is 1. The maximum Gasteiger partial charge on any atom is 0.319 e. The molecular formula is C16H17ClN4O2. The number of carbonyl (C=O) groups excluding carboxylic acids is 2. The Bertz CT molecular complexity index is 679. The highest BCUT2D eigenvalue weighted by atomic mass is 35.5. The van der Waals surface area contributed by atoms with Gasteiger partial charge in [-0.1, -0.05) is 23.7 Å². The van der Waals surface area contributed by atoms with E-state index in [9.17, 15) is 9.59 Å². The van der Waals surface area contributed by atoms with E-state index in [0.717, 1.165) is 5.56 Å². The molecule has 1 atom stereocenters. The number of carbonyl (C=O) groups is 2. The van der Waals surface area contributed by atoms with Crippen molar-refractivity contribution in [2.45, 2.75) is 19.5 Å². The molecule has 3 N–H and O–H groups in total. The number of anilines is 1. The van der Waals surface area contributed by atoms with E-state index in [1.807, 2.05) is 6.07 Å². The molecule has 0 unspecified atom stereocenters. The average molecular weight is 333 g/mol. The third-order valence-corrected chi connectivity index (χ3v) is 3.25. The lowest BCUT2D eigenvalue weighted by atomic mass is 10.2. The predicted molar refractivity (Wildman–Crippen MR) is 89.2 cm³/mol. The SMILES string of the molecule is C[C@@H](NC(=O)Nc1cccc(Cl)c1)C(=O)NCc1cccnc1. The lowest BCUT2D eigenvalue weighted by Crippen LogP contribution is -2.46. The Balaban J connectivity index is 1.79. The predicted octanol–water partition coefficient (Wildman–Crippen LogP) is 2.56. The smallest absolute Gasteiger partial charge is 0.319 e. The molecule has 0 radical (unpaired) electrons. The van der Waals surface area contributed by atoms with Crippen LogP contribution in [0.25, 0.3) is 0 Å². The molecule has 23 heavy (non-hydrogen) atoms. The largest absolute Gasteiger partial charge is 0.350 e. The van der Waals surface area contributed by atoms with Gasteiger partial charge in [-0.25, -0.2) is 4.79 Å². The standard InChI is InChI=1S/C16H17ClN4O2/c1-11(15(22)19-10-12-4-3-7-18-9-12)20-16(23)21-14-6-2-5-13(17)8-14/h2-9,11H,10H2,1H3,(H,19,22)(H2,20,21,23)/t11-/m1/s1. The van der Waals surface area contributed by atoms with Gasteiger partial charge in [-0.3, -0.25) is 9.78 Å². The number of aromatic nitrogens is 1. The number of amides is 3. The molecule has 0 bridgehead atoms. The van der Waals surface area contributed by atoms with Crippen molar-refractivity contribution >= 4 is 29.2 Å². The molecule has 2 rings (SSSR count). The van der Waals surface area contributed by atoms with Crippen molar-refractivity contribution in [2.75, 3.05) is 5.32 Å². The molecule has 0 saturated carbocycles. The zero-order valence-corrected chi connectivity index (χ0v) is 13.3. The van der Waals surface area contributed by atoms with Crippen LogP contribution in [-0.4, -0.2) is 23.0 Å². The summed E-state index contributed by atoms with van der Waals surface area (Å²) in [7, 11) is 0. The molecule has 6 nitrogen and oxygen atoms in total. The van der Waals surface area contributed by atoms with Crippen molar-refractivity contribution < 1.29 is 9.59 Å². The topological polar surface area (TPSA) is 83.1 Å². The highest BCUT2D eigenvalue weighted by Crippen LogP contribution is 2.14. The number of benzene rings is 1. The molecule has 0 fully saturated rings. The van der Waals surface area contributed by atoms with Crippen LogP contribution < -0.4 is 16.0 Å². The zero-order valence-electron chi connectivity index (χ0n) is 12.5. The highest BCUT2D eigenvalue weighted by Gasteiger charge is 2.15. The van der Waals surface area contributed by atoms with Crippen molar-refractivity contribution in [2.24, 2.45) is 0 Å². The third kappa shape index (κ3) is 5.60. The second kappa shape index (κ2) is 8.14. The van der Waals surface area contributed by atoms with Crippen molar-refractivity contribution in [1.82, 2.24) is 15.6 Å². The Morgan fingerprint density at radius 3 is 2.78 bits per heavy atom. The van der Waals surface area contributed by atoms with Crippen LogP contribution in [0.3, 0.4) is 0 Å². The van der Waals surface area contributed by atoms with E-state index < -0.39 is 12.1 Å². The summed E-state index contributed by atoms with van der Waals surface area (Å²) in [4.78, 5) is 27.8. The van der Waals surface area contributed by atoms with Crippen LogP contribution in [0.4, 0.5) is 10.5 Å². The van der Waals surface area contributed by atoms with Gasteiger partial charge in [-0.15, -0.1) is 0 Å². The molecule has 0 spiro atoms. The number of pyridine rings is 1. The van der Waals surface area contributed by atoms with Crippen LogP contribution in [0.1, 0.15) is 12.5 Å². The van der Waals surface area contributed by atoms with Crippen LogP contribution in [0, 0.1) is 0 Å². The molecule has 0 aliphatic carbocycles. The van der Waals surface area contributed by atoms with E-state index in [1.54, 1.807) is 49.6 Å². The highest BCUT2D eigenvalue weighted by molar-refractivity contribution is 6.30. The maximum absolute atomic E-state index is 12.0. The van der Waals surface area contributed by atoms with Gasteiger partial charge in [0.2, 0.25) is 5.91 Å². The van der Waals surface area contributed by atoms with E-state index in [4.69, 9.17) is 11.6 Å². The monoisotopic (exact) mass is 332 g/mol. The molecule has 2 aromatic rings. The minimum absolute atomic E-state index is 0.282. The van der Waals surface area contributed by atoms with Gasteiger partial charge in [0.05, 0.1) is 0 Å². The van der Waals surface area contributed by atoms with Gasteiger partial charge >= 0.3 is 6.03 Å². The Morgan fingerprint density at radius 2 is 2.09 bits per heavy atom. The molecule has 0 aliphatic rings. The third-order valence-electron chi connectivity index (χ3n) is 3.01. The van der Waals surface area contributed by atoms with Crippen molar-refractivity contribution in [3.8, 4) is 0 Å². The summed E-state index contributed by atoms with van der Waals surface area (Å²) in [5.41, 5.74) is 1.44. The zero-order chi connectivity index (χ0) is 16.7. The molecule has 120 valence electrons. The molecule has 1 heterocycles. The van der Waals surface area contributed by atoms with Crippen molar-refractivity contribution in [3.63, 3.8) is 0 Å². The second-order valence-electron chi connectivity index (χ2n) is 4.91. The number of hydrogen-bond donors (Lipinski definition) is 3. The Hall–Kier alpha value is -2.60. The van der Waals surface area contributed by atoms with Gasteiger partial charge in [0, 0.05) is 29.6 Å². The number of hydrogen-bond acceptors (Lipinski definition) is 3. The van der Waals surface area contributed by atoms with E-state index in [-0.39, 0.29) is 5.91 Å². The number of nitrogens with one attached hydrogen (secondary N) is 3. The minimum atomic E-state index is -0.675. The molecule has 1 aromatic carbocycles. The van der Waals surface area contributed by atoms with E-state index in [2.05, 4.69) is 20.9 Å². The number of urea groups is 1. The Morgan fingerprint density at radius 1 is 1.26 bits per heavy atom. The summed E-state index contributed by atoms with van der Waals surface area (Å²) in [6, 6.07) is 9.26. The average Bonchev–Trinajstić information content (AvgIpc) is 2.53. The first-order valence-electron chi connectivity index (χ1n) is 7.04. The Labute approximate surface area is 139 Å². The number of rotatable bonds is 5. The first-order chi connectivity index (χ1) is 11.0. The van der Waals surface area contributed by atoms with Crippen molar-refractivity contribution in [3.05, 3.63) is 59.4 Å². The quantitative estimate of drug-likeness (QED) is 0.787. The molecule has 7 heteroatoms. The van der Waals surface area contributed by atoms with Gasteiger partial charge < -0.3 is 16.0 Å². The minimum Gasteiger partial charge on any atom is -0.350 e. The van der Waals surface area contributed by atoms with E-state index >= 15 is 0 Å². The summed E-state index contributed by atoms with van der Waals surface area (Å²) in [5.74, 6) is -0.282. The summed E-state index contributed by atoms with van der Waals surface area (Å²) in [6.45, 7) is 1.96. The Kier molecular flexibility index (Phi) is 5.94.